The minimum atomic E-state index is -0.331. The highest BCUT2D eigenvalue weighted by molar-refractivity contribution is 5.93. The van der Waals surface area contributed by atoms with Crippen molar-refractivity contribution in [3.05, 3.63) is 42.7 Å². The number of pyridine rings is 1. The number of likely N-dealkylation sites (tertiary alicyclic amines) is 1. The van der Waals surface area contributed by atoms with E-state index in [1.54, 1.807) is 35.5 Å². The van der Waals surface area contributed by atoms with Crippen LogP contribution in [0.3, 0.4) is 0 Å². The zero-order valence-electron chi connectivity index (χ0n) is 13.1. The summed E-state index contributed by atoms with van der Waals surface area (Å²) in [6.07, 6.45) is 6.45. The summed E-state index contributed by atoms with van der Waals surface area (Å²) in [5, 5.41) is 0. The molecule has 0 bridgehead atoms. The van der Waals surface area contributed by atoms with Gasteiger partial charge < -0.3 is 14.5 Å². The van der Waals surface area contributed by atoms with Gasteiger partial charge in [0.2, 0.25) is 5.91 Å². The topological polar surface area (TPSA) is 62.7 Å². The summed E-state index contributed by atoms with van der Waals surface area (Å²) >= 11 is 0. The summed E-state index contributed by atoms with van der Waals surface area (Å²) < 4.78 is 5.85. The summed E-state index contributed by atoms with van der Waals surface area (Å²) in [7, 11) is 0. The van der Waals surface area contributed by atoms with E-state index in [4.69, 9.17) is 4.74 Å². The normalized spacial score (nSPS) is 20.6. The van der Waals surface area contributed by atoms with E-state index in [0.717, 1.165) is 12.8 Å². The number of carbonyl (C=O) groups is 2. The third-order valence-corrected chi connectivity index (χ3v) is 4.55. The molecule has 0 aliphatic carbocycles. The fourth-order valence-corrected chi connectivity index (χ4v) is 3.20. The second-order valence-corrected chi connectivity index (χ2v) is 6.07. The van der Waals surface area contributed by atoms with Crippen molar-refractivity contribution >= 4 is 11.8 Å². The first kappa shape index (κ1) is 15.7. The summed E-state index contributed by atoms with van der Waals surface area (Å²) in [4.78, 5) is 31.9. The number of hydrogen-bond acceptors (Lipinski definition) is 4. The Labute approximate surface area is 135 Å². The van der Waals surface area contributed by atoms with Crippen molar-refractivity contribution in [2.24, 2.45) is 0 Å². The molecule has 1 aromatic heterocycles. The molecule has 2 fully saturated rings. The number of rotatable bonds is 3. The van der Waals surface area contributed by atoms with Gasteiger partial charge >= 0.3 is 0 Å². The van der Waals surface area contributed by atoms with Gasteiger partial charge in [0.15, 0.2) is 0 Å². The first-order valence-electron chi connectivity index (χ1n) is 7.85. The fraction of sp³-hybridized carbons (Fsp3) is 0.471. The maximum atomic E-state index is 12.5. The van der Waals surface area contributed by atoms with Crippen LogP contribution in [-0.2, 0) is 9.53 Å². The molecule has 6 nitrogen and oxygen atoms in total. The molecular formula is C17H21N3O3. The smallest absolute Gasteiger partial charge is 0.255 e. The van der Waals surface area contributed by atoms with Crippen LogP contribution in [0.4, 0.5) is 0 Å². The Hall–Kier alpha value is -2.21. The third kappa shape index (κ3) is 3.27. The standard InChI is InChI=1S/C17H21N3O3/c1-2-8-20-13-17(23-12-15(20)21)5-9-19(10-6-17)16(22)14-4-3-7-18-11-14/h2-4,7,11H,1,5-6,8-10,12-13H2. The molecular weight excluding hydrogens is 294 g/mol. The number of aromatic nitrogens is 1. The Kier molecular flexibility index (Phi) is 4.43. The van der Waals surface area contributed by atoms with Gasteiger partial charge in [0.1, 0.15) is 6.61 Å². The molecule has 2 aliphatic rings. The van der Waals surface area contributed by atoms with Crippen LogP contribution in [0.2, 0.25) is 0 Å². The van der Waals surface area contributed by atoms with Crippen molar-refractivity contribution in [2.75, 3.05) is 32.8 Å². The number of morpholine rings is 1. The zero-order valence-corrected chi connectivity index (χ0v) is 13.1. The lowest BCUT2D eigenvalue weighted by Gasteiger charge is -2.46. The van der Waals surface area contributed by atoms with Gasteiger partial charge in [-0.05, 0) is 25.0 Å². The third-order valence-electron chi connectivity index (χ3n) is 4.55. The maximum absolute atomic E-state index is 12.5. The average Bonchev–Trinajstić information content (AvgIpc) is 2.59. The Morgan fingerprint density at radius 2 is 2.22 bits per heavy atom. The fourth-order valence-electron chi connectivity index (χ4n) is 3.20. The summed E-state index contributed by atoms with van der Waals surface area (Å²) in [6, 6.07) is 3.54. The maximum Gasteiger partial charge on any atom is 0.255 e. The van der Waals surface area contributed by atoms with Crippen LogP contribution in [0.1, 0.15) is 23.2 Å². The lowest BCUT2D eigenvalue weighted by molar-refractivity contribution is -0.169. The lowest BCUT2D eigenvalue weighted by atomic mass is 9.89. The van der Waals surface area contributed by atoms with Crippen LogP contribution < -0.4 is 0 Å². The van der Waals surface area contributed by atoms with Crippen molar-refractivity contribution in [1.82, 2.24) is 14.8 Å². The molecule has 0 radical (unpaired) electrons. The minimum absolute atomic E-state index is 0.00258. The van der Waals surface area contributed by atoms with E-state index in [0.29, 0.717) is 31.7 Å². The summed E-state index contributed by atoms with van der Waals surface area (Å²) in [5.74, 6) is 0.00664. The van der Waals surface area contributed by atoms with Crippen molar-refractivity contribution in [2.45, 2.75) is 18.4 Å². The molecule has 2 amide bonds. The predicted octanol–water partition coefficient (Wildman–Crippen LogP) is 1.10. The predicted molar refractivity (Wildman–Crippen MR) is 84.8 cm³/mol. The molecule has 1 spiro atoms. The molecule has 23 heavy (non-hydrogen) atoms. The Bertz CT molecular complexity index is 594. The quantitative estimate of drug-likeness (QED) is 0.784. The average molecular weight is 315 g/mol. The van der Waals surface area contributed by atoms with Gasteiger partial charge in [0.05, 0.1) is 17.7 Å². The summed E-state index contributed by atoms with van der Waals surface area (Å²) in [6.45, 7) is 6.19. The molecule has 2 aliphatic heterocycles. The molecule has 1 aromatic rings. The van der Waals surface area contributed by atoms with E-state index >= 15 is 0 Å². The molecule has 2 saturated heterocycles. The van der Waals surface area contributed by atoms with Crippen LogP contribution in [0.15, 0.2) is 37.2 Å². The van der Waals surface area contributed by atoms with Crippen LogP contribution in [0.25, 0.3) is 0 Å². The van der Waals surface area contributed by atoms with Crippen LogP contribution in [0, 0.1) is 0 Å². The first-order chi connectivity index (χ1) is 11.1. The van der Waals surface area contributed by atoms with Crippen molar-refractivity contribution in [3.63, 3.8) is 0 Å². The highest BCUT2D eigenvalue weighted by Gasteiger charge is 2.42. The number of amides is 2. The zero-order chi connectivity index (χ0) is 16.3. The number of hydrogen-bond donors (Lipinski definition) is 0. The number of piperidine rings is 1. The highest BCUT2D eigenvalue weighted by Crippen LogP contribution is 2.31. The minimum Gasteiger partial charge on any atom is -0.363 e. The van der Waals surface area contributed by atoms with Gasteiger partial charge in [-0.25, -0.2) is 0 Å². The van der Waals surface area contributed by atoms with E-state index in [1.165, 1.54) is 0 Å². The number of nitrogens with zero attached hydrogens (tertiary/aromatic N) is 3. The molecule has 3 heterocycles. The Balaban J connectivity index is 1.63. The van der Waals surface area contributed by atoms with E-state index in [1.807, 2.05) is 4.90 Å². The van der Waals surface area contributed by atoms with Crippen LogP contribution >= 0.6 is 0 Å². The van der Waals surface area contributed by atoms with Crippen molar-refractivity contribution < 1.29 is 14.3 Å². The lowest BCUT2D eigenvalue weighted by Crippen LogP contribution is -2.59. The van der Waals surface area contributed by atoms with Crippen molar-refractivity contribution in [1.29, 1.82) is 0 Å². The highest BCUT2D eigenvalue weighted by atomic mass is 16.5. The second kappa shape index (κ2) is 6.50. The van der Waals surface area contributed by atoms with E-state index in [-0.39, 0.29) is 24.0 Å². The van der Waals surface area contributed by atoms with E-state index < -0.39 is 0 Å². The van der Waals surface area contributed by atoms with Crippen LogP contribution in [-0.4, -0.2) is 65.0 Å². The summed E-state index contributed by atoms with van der Waals surface area (Å²) in [5.41, 5.74) is 0.277. The van der Waals surface area contributed by atoms with Gasteiger partial charge in [0.25, 0.3) is 5.91 Å². The molecule has 0 N–H and O–H groups in total. The van der Waals surface area contributed by atoms with Gasteiger partial charge in [-0.2, -0.15) is 0 Å². The van der Waals surface area contributed by atoms with Crippen molar-refractivity contribution in [3.8, 4) is 0 Å². The number of ether oxygens (including phenoxy) is 1. The van der Waals surface area contributed by atoms with E-state index in [9.17, 15) is 9.59 Å². The van der Waals surface area contributed by atoms with Gasteiger partial charge in [-0.1, -0.05) is 6.08 Å². The molecule has 0 saturated carbocycles. The molecule has 6 heteroatoms. The SMILES string of the molecule is C=CCN1CC2(CCN(C(=O)c3cccnc3)CC2)OCC1=O. The largest absolute Gasteiger partial charge is 0.363 e. The second-order valence-electron chi connectivity index (χ2n) is 6.07. The molecule has 0 aromatic carbocycles. The van der Waals surface area contributed by atoms with Gasteiger partial charge in [-0.15, -0.1) is 6.58 Å². The van der Waals surface area contributed by atoms with E-state index in [2.05, 4.69) is 11.6 Å². The monoisotopic (exact) mass is 315 g/mol. The number of carbonyl (C=O) groups excluding carboxylic acids is 2. The van der Waals surface area contributed by atoms with Crippen LogP contribution in [0.5, 0.6) is 0 Å². The molecule has 122 valence electrons. The van der Waals surface area contributed by atoms with Gasteiger partial charge in [-0.3, -0.25) is 14.6 Å². The Morgan fingerprint density at radius 1 is 1.43 bits per heavy atom. The Morgan fingerprint density at radius 3 is 2.87 bits per heavy atom. The molecule has 0 atom stereocenters. The molecule has 0 unspecified atom stereocenters. The molecule has 3 rings (SSSR count). The first-order valence-corrected chi connectivity index (χ1v) is 7.85. The van der Waals surface area contributed by atoms with Gasteiger partial charge in [0, 0.05) is 32.0 Å².